The summed E-state index contributed by atoms with van der Waals surface area (Å²) in [6.45, 7) is 1.35. The second-order valence-corrected chi connectivity index (χ2v) is 6.60. The molecule has 9 heteroatoms. The van der Waals surface area contributed by atoms with Crippen LogP contribution >= 0.6 is 0 Å². The van der Waals surface area contributed by atoms with E-state index in [0.717, 1.165) is 0 Å². The van der Waals surface area contributed by atoms with Crippen LogP contribution in [0.25, 0.3) is 0 Å². The van der Waals surface area contributed by atoms with E-state index in [9.17, 15) is 17.6 Å². The molecular formula is C16H14FN3O4S. The quantitative estimate of drug-likeness (QED) is 0.756. The summed E-state index contributed by atoms with van der Waals surface area (Å²) in [4.78, 5) is 13.7. The number of carbonyl (C=O) groups excluding carboxylic acids is 1. The first kappa shape index (κ1) is 18.4. The Bertz CT molecular complexity index is 908. The number of halogens is 1. The van der Waals surface area contributed by atoms with Crippen LogP contribution in [-0.4, -0.2) is 20.4 Å². The van der Waals surface area contributed by atoms with Crippen molar-refractivity contribution in [2.45, 2.75) is 17.9 Å². The number of hydrazine groups is 1. The van der Waals surface area contributed by atoms with Gasteiger partial charge in [-0.25, -0.2) is 12.8 Å². The molecule has 0 heterocycles. The van der Waals surface area contributed by atoms with E-state index in [1.807, 2.05) is 16.3 Å². The summed E-state index contributed by atoms with van der Waals surface area (Å²) in [7, 11) is -4.02. The molecule has 2 N–H and O–H groups in total. The normalized spacial score (nSPS) is 12.0. The molecule has 2 rings (SSSR count). The van der Waals surface area contributed by atoms with E-state index in [-0.39, 0.29) is 10.6 Å². The van der Waals surface area contributed by atoms with Crippen LogP contribution in [0.3, 0.4) is 0 Å². The van der Waals surface area contributed by atoms with Crippen LogP contribution in [0.4, 0.5) is 4.39 Å². The molecule has 0 spiro atoms. The van der Waals surface area contributed by atoms with E-state index in [1.54, 1.807) is 0 Å². The first-order valence-electron chi connectivity index (χ1n) is 7.06. The van der Waals surface area contributed by atoms with E-state index >= 15 is 0 Å². The molecule has 0 aliphatic carbocycles. The SMILES string of the molecule is C[C@@H](Oc1ccccc1F)C(=O)NNS(=O)(=O)c1ccc(C#N)cc1. The molecule has 2 aromatic carbocycles. The topological polar surface area (TPSA) is 108 Å². The number of ether oxygens (including phenoxy) is 1. The molecule has 25 heavy (non-hydrogen) atoms. The van der Waals surface area contributed by atoms with Gasteiger partial charge in [-0.3, -0.25) is 10.2 Å². The molecule has 0 saturated heterocycles. The van der Waals surface area contributed by atoms with Gasteiger partial charge in [0.05, 0.1) is 16.5 Å². The number of hydrogen-bond acceptors (Lipinski definition) is 5. The van der Waals surface area contributed by atoms with E-state index in [2.05, 4.69) is 0 Å². The highest BCUT2D eigenvalue weighted by Crippen LogP contribution is 2.17. The molecule has 0 saturated carbocycles. The van der Waals surface area contributed by atoms with Gasteiger partial charge in [0.15, 0.2) is 17.7 Å². The zero-order valence-corrected chi connectivity index (χ0v) is 13.9. The van der Waals surface area contributed by atoms with Crippen molar-refractivity contribution >= 4 is 15.9 Å². The van der Waals surface area contributed by atoms with Crippen molar-refractivity contribution in [1.29, 1.82) is 5.26 Å². The van der Waals surface area contributed by atoms with Crippen LogP contribution in [0.5, 0.6) is 5.75 Å². The predicted octanol–water partition coefficient (Wildman–Crippen LogP) is 1.47. The van der Waals surface area contributed by atoms with Crippen molar-refractivity contribution in [2.75, 3.05) is 0 Å². The van der Waals surface area contributed by atoms with E-state index in [4.69, 9.17) is 10.00 Å². The number of amides is 1. The molecule has 0 fully saturated rings. The van der Waals surface area contributed by atoms with Crippen molar-refractivity contribution in [3.8, 4) is 11.8 Å². The lowest BCUT2D eigenvalue weighted by Crippen LogP contribution is -2.47. The predicted molar refractivity (Wildman–Crippen MR) is 86.1 cm³/mol. The van der Waals surface area contributed by atoms with Crippen molar-refractivity contribution in [3.05, 3.63) is 59.9 Å². The summed E-state index contributed by atoms with van der Waals surface area (Å²) >= 11 is 0. The van der Waals surface area contributed by atoms with Gasteiger partial charge in [0, 0.05) is 0 Å². The van der Waals surface area contributed by atoms with Gasteiger partial charge in [-0.15, -0.1) is 4.83 Å². The summed E-state index contributed by atoms with van der Waals surface area (Å²) in [5.74, 6) is -1.57. The third-order valence-electron chi connectivity index (χ3n) is 3.11. The third-order valence-corrected chi connectivity index (χ3v) is 4.38. The highest BCUT2D eigenvalue weighted by atomic mass is 32.2. The minimum atomic E-state index is -4.02. The van der Waals surface area contributed by atoms with Crippen LogP contribution in [0.2, 0.25) is 0 Å². The Balaban J connectivity index is 1.98. The van der Waals surface area contributed by atoms with Gasteiger partial charge < -0.3 is 4.74 Å². The van der Waals surface area contributed by atoms with Crippen molar-refractivity contribution in [1.82, 2.24) is 10.3 Å². The zero-order valence-electron chi connectivity index (χ0n) is 13.1. The molecule has 130 valence electrons. The zero-order chi connectivity index (χ0) is 18.4. The number of hydrogen-bond donors (Lipinski definition) is 2. The highest BCUT2D eigenvalue weighted by molar-refractivity contribution is 7.89. The molecule has 0 unspecified atom stereocenters. The van der Waals surface area contributed by atoms with E-state index in [0.29, 0.717) is 5.56 Å². The first-order chi connectivity index (χ1) is 11.8. The maximum absolute atomic E-state index is 13.5. The Morgan fingerprint density at radius 2 is 1.84 bits per heavy atom. The fourth-order valence-electron chi connectivity index (χ4n) is 1.77. The van der Waals surface area contributed by atoms with Gasteiger partial charge in [0.2, 0.25) is 0 Å². The average Bonchev–Trinajstić information content (AvgIpc) is 2.61. The minimum absolute atomic E-state index is 0.125. The number of carbonyl (C=O) groups is 1. The largest absolute Gasteiger partial charge is 0.478 e. The molecule has 1 amide bonds. The van der Waals surface area contributed by atoms with Gasteiger partial charge in [0.25, 0.3) is 15.9 Å². The maximum Gasteiger partial charge on any atom is 0.275 e. The summed E-state index contributed by atoms with van der Waals surface area (Å²) in [5, 5.41) is 8.70. The van der Waals surface area contributed by atoms with Crippen molar-refractivity contribution in [2.24, 2.45) is 0 Å². The number of benzene rings is 2. The first-order valence-corrected chi connectivity index (χ1v) is 8.55. The highest BCUT2D eigenvalue weighted by Gasteiger charge is 2.20. The third kappa shape index (κ3) is 4.76. The Hall–Kier alpha value is -2.96. The Morgan fingerprint density at radius 3 is 2.44 bits per heavy atom. The van der Waals surface area contributed by atoms with Gasteiger partial charge >= 0.3 is 0 Å². The number of sulfonamides is 1. The summed E-state index contributed by atoms with van der Waals surface area (Å²) in [6, 6.07) is 12.5. The fourth-order valence-corrected chi connectivity index (χ4v) is 2.62. The van der Waals surface area contributed by atoms with E-state index < -0.39 is 27.9 Å². The van der Waals surface area contributed by atoms with Crippen LogP contribution in [0, 0.1) is 17.1 Å². The number of nitrogens with zero attached hydrogens (tertiary/aromatic N) is 1. The van der Waals surface area contributed by atoms with Gasteiger partial charge in [0.1, 0.15) is 0 Å². The smallest absolute Gasteiger partial charge is 0.275 e. The van der Waals surface area contributed by atoms with Gasteiger partial charge in [-0.05, 0) is 43.3 Å². The number of rotatable bonds is 6. The van der Waals surface area contributed by atoms with Gasteiger partial charge in [-0.1, -0.05) is 12.1 Å². The molecule has 0 radical (unpaired) electrons. The van der Waals surface area contributed by atoms with Crippen LogP contribution in [-0.2, 0) is 14.8 Å². The molecule has 0 aliphatic heterocycles. The van der Waals surface area contributed by atoms with Gasteiger partial charge in [-0.2, -0.15) is 5.26 Å². The number of nitrogens with one attached hydrogen (secondary N) is 2. The lowest BCUT2D eigenvalue weighted by atomic mass is 10.2. The lowest BCUT2D eigenvalue weighted by Gasteiger charge is -2.15. The Kier molecular flexibility index (Phi) is 5.69. The fraction of sp³-hybridized carbons (Fsp3) is 0.125. The molecular weight excluding hydrogens is 349 g/mol. The second kappa shape index (κ2) is 7.74. The van der Waals surface area contributed by atoms with Crippen molar-refractivity contribution in [3.63, 3.8) is 0 Å². The van der Waals surface area contributed by atoms with Crippen LogP contribution < -0.4 is 15.0 Å². The summed E-state index contributed by atoms with van der Waals surface area (Å²) in [5.41, 5.74) is 2.30. The standard InChI is InChI=1S/C16H14FN3O4S/c1-11(24-15-5-3-2-4-14(15)17)16(21)19-20-25(22,23)13-8-6-12(10-18)7-9-13/h2-9,11,20H,1H3,(H,19,21)/t11-/m1/s1. The molecule has 0 aliphatic rings. The average molecular weight is 363 g/mol. The Morgan fingerprint density at radius 1 is 1.20 bits per heavy atom. The minimum Gasteiger partial charge on any atom is -0.478 e. The van der Waals surface area contributed by atoms with E-state index in [1.165, 1.54) is 55.5 Å². The number of nitriles is 1. The van der Waals surface area contributed by atoms with Crippen molar-refractivity contribution < 1.29 is 22.3 Å². The summed E-state index contributed by atoms with van der Waals surface area (Å²) < 4.78 is 42.8. The molecule has 0 aromatic heterocycles. The van der Waals surface area contributed by atoms with Crippen LogP contribution in [0.1, 0.15) is 12.5 Å². The van der Waals surface area contributed by atoms with Crippen LogP contribution in [0.15, 0.2) is 53.4 Å². The summed E-state index contributed by atoms with van der Waals surface area (Å²) in [6.07, 6.45) is -1.14. The molecule has 0 bridgehead atoms. The molecule has 2 aromatic rings. The molecule has 1 atom stereocenters. The second-order valence-electron chi connectivity index (χ2n) is 4.92. The number of para-hydroxylation sites is 1. The molecule has 7 nitrogen and oxygen atoms in total. The lowest BCUT2D eigenvalue weighted by molar-refractivity contribution is -0.127. The monoisotopic (exact) mass is 363 g/mol. The Labute approximate surface area is 144 Å². The maximum atomic E-state index is 13.5.